The van der Waals surface area contributed by atoms with Gasteiger partial charge >= 0.3 is 5.92 Å². The Labute approximate surface area is 249 Å². The third-order valence-electron chi connectivity index (χ3n) is 7.96. The van der Waals surface area contributed by atoms with E-state index in [4.69, 9.17) is 4.74 Å². The summed E-state index contributed by atoms with van der Waals surface area (Å²) in [5.74, 6) is -2.98. The topological polar surface area (TPSA) is 90.7 Å². The maximum atomic E-state index is 16.4. The van der Waals surface area contributed by atoms with E-state index in [0.717, 1.165) is 50.4 Å². The van der Waals surface area contributed by atoms with Crippen molar-refractivity contribution in [1.82, 2.24) is 19.4 Å². The smallest absolute Gasteiger partial charge is 0.315 e. The number of nitrogens with one attached hydrogen (secondary N) is 2. The molecule has 2 aliphatic rings. The fourth-order valence-electron chi connectivity index (χ4n) is 5.34. The van der Waals surface area contributed by atoms with E-state index in [1.165, 1.54) is 34.5 Å². The van der Waals surface area contributed by atoms with Gasteiger partial charge in [-0.3, -0.25) is 0 Å². The van der Waals surface area contributed by atoms with Crippen LogP contribution in [0, 0.1) is 0 Å². The van der Waals surface area contributed by atoms with E-state index in [1.807, 2.05) is 18.2 Å². The fourth-order valence-corrected chi connectivity index (χ4v) is 5.34. The van der Waals surface area contributed by atoms with Gasteiger partial charge < -0.3 is 34.8 Å². The molecule has 3 N–H and O–H groups in total. The molecule has 9 nitrogen and oxygen atoms in total. The highest BCUT2D eigenvalue weighted by atomic mass is 19.3. The van der Waals surface area contributed by atoms with E-state index in [-0.39, 0.29) is 22.5 Å². The Morgan fingerprint density at radius 1 is 1.09 bits per heavy atom. The molecule has 2 fully saturated rings. The Kier molecular flexibility index (Phi) is 7.76. The first-order chi connectivity index (χ1) is 20.8. The first kappa shape index (κ1) is 28.6. The lowest BCUT2D eigenvalue weighted by Gasteiger charge is -2.34. The number of hydrogen-bond acceptors (Lipinski definition) is 8. The molecule has 3 heterocycles. The summed E-state index contributed by atoms with van der Waals surface area (Å²) in [5.41, 5.74) is 3.64. The van der Waals surface area contributed by atoms with Crippen LogP contribution in [0.2, 0.25) is 0 Å². The van der Waals surface area contributed by atoms with Gasteiger partial charge in [0.1, 0.15) is 23.8 Å². The van der Waals surface area contributed by atoms with E-state index in [1.54, 1.807) is 25.3 Å². The van der Waals surface area contributed by atoms with Crippen molar-refractivity contribution < 1.29 is 18.6 Å². The summed E-state index contributed by atoms with van der Waals surface area (Å²) in [7, 11) is 3.67. The van der Waals surface area contributed by atoms with E-state index in [2.05, 4.69) is 44.0 Å². The van der Waals surface area contributed by atoms with E-state index in [9.17, 15) is 5.11 Å². The van der Waals surface area contributed by atoms with Crippen LogP contribution >= 0.6 is 0 Å². The lowest BCUT2D eigenvalue weighted by Crippen LogP contribution is -2.44. The quantitative estimate of drug-likeness (QED) is 0.219. The summed E-state index contributed by atoms with van der Waals surface area (Å²) in [4.78, 5) is 13.4. The summed E-state index contributed by atoms with van der Waals surface area (Å²) in [6, 6.07) is 13.4. The van der Waals surface area contributed by atoms with Crippen LogP contribution in [0.5, 0.6) is 5.75 Å². The first-order valence-electron chi connectivity index (χ1n) is 14.3. The Hall–Kier alpha value is -4.48. The molecule has 0 unspecified atom stereocenters. The third kappa shape index (κ3) is 5.78. The standard InChI is InChI=1S/C32H35F2N7O2/c1-4-26(21-8-9-21)35-23-7-5-6-22(18-23)32(33,34)29-25-12-13-41(20-42)30(25)38-31(37-29)36-27-11-10-24(19-28(27)43-3)40-16-14-39(2)15-17-40/h4-7,10-13,18-19,35,42H,1,8-9,14-17,20H2,2-3H3,(H,36,37,38). The van der Waals surface area contributed by atoms with Crippen molar-refractivity contribution in [3.63, 3.8) is 0 Å². The zero-order valence-corrected chi connectivity index (χ0v) is 24.3. The van der Waals surface area contributed by atoms with Crippen molar-refractivity contribution in [1.29, 1.82) is 0 Å². The molecule has 2 aromatic carbocycles. The van der Waals surface area contributed by atoms with Crippen molar-refractivity contribution in [3.8, 4) is 5.75 Å². The fraction of sp³-hybridized carbons (Fsp3) is 0.312. The van der Waals surface area contributed by atoms with Gasteiger partial charge in [0.05, 0.1) is 12.8 Å². The lowest BCUT2D eigenvalue weighted by molar-refractivity contribution is 0.0399. The van der Waals surface area contributed by atoms with Crippen LogP contribution in [0.25, 0.3) is 11.0 Å². The highest BCUT2D eigenvalue weighted by molar-refractivity contribution is 5.82. The zero-order chi connectivity index (χ0) is 30.1. The molecule has 0 radical (unpaired) electrons. The minimum absolute atomic E-state index is 0.0390. The average molecular weight is 588 g/mol. The number of fused-ring (bicyclic) bond motifs is 1. The molecule has 11 heteroatoms. The van der Waals surface area contributed by atoms with Gasteiger partial charge in [-0.1, -0.05) is 18.7 Å². The number of nitrogens with zero attached hydrogens (tertiary/aromatic N) is 5. The molecule has 43 heavy (non-hydrogen) atoms. The van der Waals surface area contributed by atoms with Crippen molar-refractivity contribution in [2.75, 3.05) is 55.9 Å². The second kappa shape index (κ2) is 11.7. The SMILES string of the molecule is C=CC(Nc1cccc(C(F)(F)c2nc(Nc3ccc(N4CCN(C)CC4)cc3OC)nc3c2ccn3CO)c1)=C1CC1. The molecule has 1 saturated heterocycles. The molecule has 0 atom stereocenters. The van der Waals surface area contributed by atoms with E-state index >= 15 is 8.78 Å². The number of allylic oxidation sites excluding steroid dienone is 2. The maximum absolute atomic E-state index is 16.4. The number of ether oxygens (including phenoxy) is 1. The predicted molar refractivity (Wildman–Crippen MR) is 165 cm³/mol. The van der Waals surface area contributed by atoms with Crippen LogP contribution < -0.4 is 20.3 Å². The Morgan fingerprint density at radius 2 is 1.88 bits per heavy atom. The molecule has 0 spiro atoms. The van der Waals surface area contributed by atoms with E-state index in [0.29, 0.717) is 17.1 Å². The molecular formula is C32H35F2N7O2. The van der Waals surface area contributed by atoms with E-state index < -0.39 is 18.3 Å². The molecule has 1 aliphatic heterocycles. The number of aromatic nitrogens is 3. The van der Waals surface area contributed by atoms with Gasteiger partial charge in [-0.2, -0.15) is 13.8 Å². The van der Waals surface area contributed by atoms with Gasteiger partial charge in [0.2, 0.25) is 5.95 Å². The highest BCUT2D eigenvalue weighted by Crippen LogP contribution is 2.41. The van der Waals surface area contributed by atoms with Crippen LogP contribution in [0.3, 0.4) is 0 Å². The number of likely N-dealkylation sites (N-methyl/N-ethyl adjacent to an activating group) is 1. The summed E-state index contributed by atoms with van der Waals surface area (Å²) in [5, 5.41) is 16.4. The minimum atomic E-state index is -3.48. The van der Waals surface area contributed by atoms with Gasteiger partial charge in [-0.05, 0) is 61.9 Å². The first-order valence-corrected chi connectivity index (χ1v) is 14.3. The highest BCUT2D eigenvalue weighted by Gasteiger charge is 2.39. The van der Waals surface area contributed by atoms with Crippen molar-refractivity contribution in [3.05, 3.63) is 89.9 Å². The normalized spacial score (nSPS) is 15.5. The molecule has 4 aromatic rings. The van der Waals surface area contributed by atoms with Crippen LogP contribution in [-0.4, -0.2) is 64.9 Å². The van der Waals surface area contributed by atoms with Gasteiger partial charge in [0.25, 0.3) is 0 Å². The van der Waals surface area contributed by atoms with Crippen LogP contribution in [0.1, 0.15) is 24.1 Å². The summed E-state index contributed by atoms with van der Waals surface area (Å²) in [6.07, 6.45) is 5.18. The third-order valence-corrected chi connectivity index (χ3v) is 7.96. The second-order valence-corrected chi connectivity index (χ2v) is 10.9. The molecule has 2 aromatic heterocycles. The van der Waals surface area contributed by atoms with Crippen molar-refractivity contribution in [2.45, 2.75) is 25.5 Å². The van der Waals surface area contributed by atoms with Crippen molar-refractivity contribution >= 4 is 34.0 Å². The average Bonchev–Trinajstić information content (AvgIpc) is 3.79. The van der Waals surface area contributed by atoms with Gasteiger partial charge in [0.15, 0.2) is 0 Å². The number of benzene rings is 2. The molecule has 224 valence electrons. The van der Waals surface area contributed by atoms with Gasteiger partial charge in [-0.25, -0.2) is 4.98 Å². The number of aliphatic hydroxyl groups is 1. The summed E-state index contributed by atoms with van der Waals surface area (Å²) >= 11 is 0. The van der Waals surface area contributed by atoms with Gasteiger partial charge in [-0.15, -0.1) is 0 Å². The lowest BCUT2D eigenvalue weighted by atomic mass is 10.0. The Morgan fingerprint density at radius 3 is 2.58 bits per heavy atom. The number of hydrogen-bond donors (Lipinski definition) is 3. The van der Waals surface area contributed by atoms with Crippen LogP contribution in [0.15, 0.2) is 78.7 Å². The number of halogens is 2. The van der Waals surface area contributed by atoms with Gasteiger partial charge in [0, 0.05) is 66.5 Å². The van der Waals surface area contributed by atoms with Crippen LogP contribution in [0.4, 0.5) is 31.8 Å². The minimum Gasteiger partial charge on any atom is -0.494 e. The second-order valence-electron chi connectivity index (χ2n) is 10.9. The number of piperazine rings is 1. The largest absolute Gasteiger partial charge is 0.494 e. The molecular weight excluding hydrogens is 552 g/mol. The number of aliphatic hydroxyl groups excluding tert-OH is 1. The predicted octanol–water partition coefficient (Wildman–Crippen LogP) is 5.67. The van der Waals surface area contributed by atoms with Crippen molar-refractivity contribution in [2.24, 2.45) is 0 Å². The molecule has 0 bridgehead atoms. The maximum Gasteiger partial charge on any atom is 0.315 e. The number of methoxy groups -OCH3 is 1. The number of alkyl halides is 2. The molecule has 1 saturated carbocycles. The molecule has 0 amide bonds. The summed E-state index contributed by atoms with van der Waals surface area (Å²) in [6.45, 7) is 7.13. The Balaban J connectivity index is 1.36. The summed E-state index contributed by atoms with van der Waals surface area (Å²) < 4.78 is 39.8. The monoisotopic (exact) mass is 587 g/mol. The molecule has 1 aliphatic carbocycles. The number of anilines is 4. The zero-order valence-electron chi connectivity index (χ0n) is 24.3. The number of rotatable bonds is 10. The molecule has 6 rings (SSSR count). The van der Waals surface area contributed by atoms with Crippen LogP contribution in [-0.2, 0) is 12.7 Å². The Bertz CT molecular complexity index is 1690.